The topological polar surface area (TPSA) is 76.4 Å². The van der Waals surface area contributed by atoms with Gasteiger partial charge in [-0.15, -0.1) is 0 Å². The van der Waals surface area contributed by atoms with Crippen molar-refractivity contribution in [2.75, 3.05) is 6.54 Å². The molecule has 0 aliphatic heterocycles. The highest BCUT2D eigenvalue weighted by atomic mass is 19.3. The number of benzene rings is 1. The summed E-state index contributed by atoms with van der Waals surface area (Å²) in [6.07, 6.45) is -2.37. The lowest BCUT2D eigenvalue weighted by Gasteiger charge is -2.19. The lowest BCUT2D eigenvalue weighted by Crippen LogP contribution is -2.30. The number of hydrogen-bond acceptors (Lipinski definition) is 2. The summed E-state index contributed by atoms with van der Waals surface area (Å²) in [5.74, 6) is -0.303. The second-order valence-corrected chi connectivity index (χ2v) is 6.37. The molecule has 1 unspecified atom stereocenters. The van der Waals surface area contributed by atoms with Gasteiger partial charge in [0.1, 0.15) is 6.04 Å². The summed E-state index contributed by atoms with van der Waals surface area (Å²) >= 11 is 0. The number of hydrogen-bond donors (Lipinski definition) is 3. The maximum Gasteiger partial charge on any atom is 0.260 e. The summed E-state index contributed by atoms with van der Waals surface area (Å²) < 4.78 is 25.4. The Hall–Kier alpha value is -1.69. The molecular formula is C16H26F2N4. The number of aliphatic imine (C=N–C) groups is 1. The van der Waals surface area contributed by atoms with Gasteiger partial charge in [-0.3, -0.25) is 0 Å². The first-order valence-electron chi connectivity index (χ1n) is 7.37. The van der Waals surface area contributed by atoms with E-state index in [0.29, 0.717) is 13.1 Å². The van der Waals surface area contributed by atoms with Crippen LogP contribution in [0.25, 0.3) is 0 Å². The van der Waals surface area contributed by atoms with Crippen molar-refractivity contribution in [2.24, 2.45) is 16.5 Å². The van der Waals surface area contributed by atoms with Gasteiger partial charge in [0, 0.05) is 6.54 Å². The van der Waals surface area contributed by atoms with Crippen molar-refractivity contribution in [3.05, 3.63) is 35.4 Å². The number of halogens is 2. The van der Waals surface area contributed by atoms with Crippen molar-refractivity contribution in [3.8, 4) is 0 Å². The van der Waals surface area contributed by atoms with Crippen molar-refractivity contribution in [2.45, 2.75) is 51.6 Å². The zero-order valence-corrected chi connectivity index (χ0v) is 13.4. The van der Waals surface area contributed by atoms with E-state index in [4.69, 9.17) is 11.5 Å². The fourth-order valence-electron chi connectivity index (χ4n) is 2.04. The van der Waals surface area contributed by atoms with Gasteiger partial charge < -0.3 is 16.8 Å². The fourth-order valence-corrected chi connectivity index (χ4v) is 2.04. The monoisotopic (exact) mass is 312 g/mol. The molecule has 0 aliphatic carbocycles. The second kappa shape index (κ2) is 8.08. The number of nitrogens with two attached hydrogens (primary N) is 2. The SMILES string of the molecule is CC(C)(C)c1ccc(CNCCC(N=C(N)N)C(F)F)cc1. The standard InChI is InChI=1S/C16H26F2N4/c1-16(2,3)12-6-4-11(5-7-12)10-21-9-8-13(14(17)18)22-15(19)20/h4-7,13-14,21H,8-10H2,1-3H3,(H4,19,20,22). The zero-order valence-electron chi connectivity index (χ0n) is 13.4. The van der Waals surface area contributed by atoms with Crippen LogP contribution >= 0.6 is 0 Å². The molecule has 0 heterocycles. The van der Waals surface area contributed by atoms with Gasteiger partial charge >= 0.3 is 0 Å². The smallest absolute Gasteiger partial charge is 0.260 e. The summed E-state index contributed by atoms with van der Waals surface area (Å²) in [5.41, 5.74) is 12.8. The third-order valence-electron chi connectivity index (χ3n) is 3.37. The van der Waals surface area contributed by atoms with Crippen LogP contribution in [0.1, 0.15) is 38.3 Å². The van der Waals surface area contributed by atoms with Crippen molar-refractivity contribution < 1.29 is 8.78 Å². The second-order valence-electron chi connectivity index (χ2n) is 6.37. The summed E-state index contributed by atoms with van der Waals surface area (Å²) in [6.45, 7) is 7.53. The molecule has 22 heavy (non-hydrogen) atoms. The van der Waals surface area contributed by atoms with E-state index in [1.807, 2.05) is 12.1 Å². The van der Waals surface area contributed by atoms with Gasteiger partial charge in [-0.05, 0) is 29.5 Å². The van der Waals surface area contributed by atoms with Gasteiger partial charge in [-0.2, -0.15) is 0 Å². The average Bonchev–Trinajstić information content (AvgIpc) is 2.41. The van der Waals surface area contributed by atoms with Gasteiger partial charge in [-0.25, -0.2) is 13.8 Å². The minimum atomic E-state index is -2.56. The third-order valence-corrected chi connectivity index (χ3v) is 3.37. The number of rotatable bonds is 7. The summed E-state index contributed by atoms with van der Waals surface area (Å²) in [5, 5.41) is 3.13. The quantitative estimate of drug-likeness (QED) is 0.411. The molecule has 0 spiro atoms. The van der Waals surface area contributed by atoms with Crippen molar-refractivity contribution >= 4 is 5.96 Å². The van der Waals surface area contributed by atoms with Crippen LogP contribution in [-0.2, 0) is 12.0 Å². The van der Waals surface area contributed by atoms with E-state index in [0.717, 1.165) is 5.56 Å². The molecule has 1 atom stereocenters. The van der Waals surface area contributed by atoms with Gasteiger partial charge in [0.05, 0.1) is 0 Å². The van der Waals surface area contributed by atoms with E-state index in [9.17, 15) is 8.78 Å². The molecule has 0 aliphatic rings. The highest BCUT2D eigenvalue weighted by molar-refractivity contribution is 5.75. The lowest BCUT2D eigenvalue weighted by atomic mass is 9.87. The molecule has 5 N–H and O–H groups in total. The van der Waals surface area contributed by atoms with Crippen LogP contribution < -0.4 is 16.8 Å². The molecule has 0 amide bonds. The van der Waals surface area contributed by atoms with Crippen molar-refractivity contribution in [1.82, 2.24) is 5.32 Å². The average molecular weight is 312 g/mol. The predicted octanol–water partition coefficient (Wildman–Crippen LogP) is 2.37. The molecular weight excluding hydrogens is 286 g/mol. The maximum atomic E-state index is 12.7. The van der Waals surface area contributed by atoms with Gasteiger partial charge in [-0.1, -0.05) is 45.0 Å². The number of guanidine groups is 1. The van der Waals surface area contributed by atoms with E-state index < -0.39 is 12.5 Å². The van der Waals surface area contributed by atoms with Crippen LogP contribution in [0.2, 0.25) is 0 Å². The van der Waals surface area contributed by atoms with E-state index in [1.165, 1.54) is 5.56 Å². The van der Waals surface area contributed by atoms with Crippen LogP contribution in [0, 0.1) is 0 Å². The molecule has 0 fully saturated rings. The van der Waals surface area contributed by atoms with Crippen LogP contribution in [0.5, 0.6) is 0 Å². The molecule has 0 aromatic heterocycles. The number of nitrogens with one attached hydrogen (secondary N) is 1. The minimum absolute atomic E-state index is 0.122. The van der Waals surface area contributed by atoms with E-state index in [2.05, 4.69) is 43.2 Å². The Morgan fingerprint density at radius 2 is 1.77 bits per heavy atom. The Bertz CT molecular complexity index is 474. The largest absolute Gasteiger partial charge is 0.370 e. The van der Waals surface area contributed by atoms with E-state index in [-0.39, 0.29) is 17.8 Å². The first-order chi connectivity index (χ1) is 10.2. The maximum absolute atomic E-state index is 12.7. The van der Waals surface area contributed by atoms with Gasteiger partial charge in [0.15, 0.2) is 5.96 Å². The molecule has 1 aromatic carbocycles. The Labute approximate surface area is 131 Å². The molecule has 1 aromatic rings. The summed E-state index contributed by atoms with van der Waals surface area (Å²) in [4.78, 5) is 3.54. The van der Waals surface area contributed by atoms with Crippen LogP contribution in [0.4, 0.5) is 8.78 Å². The Morgan fingerprint density at radius 1 is 1.18 bits per heavy atom. The lowest BCUT2D eigenvalue weighted by molar-refractivity contribution is 0.113. The van der Waals surface area contributed by atoms with Crippen LogP contribution in [0.15, 0.2) is 29.3 Å². The molecule has 0 bridgehead atoms. The fraction of sp³-hybridized carbons (Fsp3) is 0.562. The number of nitrogens with zero attached hydrogens (tertiary/aromatic N) is 1. The number of alkyl halides is 2. The Balaban J connectivity index is 2.42. The van der Waals surface area contributed by atoms with Crippen LogP contribution in [0.3, 0.4) is 0 Å². The molecule has 0 saturated heterocycles. The summed E-state index contributed by atoms with van der Waals surface area (Å²) in [7, 11) is 0. The molecule has 0 radical (unpaired) electrons. The summed E-state index contributed by atoms with van der Waals surface area (Å²) in [6, 6.07) is 7.14. The van der Waals surface area contributed by atoms with E-state index >= 15 is 0 Å². The van der Waals surface area contributed by atoms with E-state index in [1.54, 1.807) is 0 Å². The van der Waals surface area contributed by atoms with Crippen molar-refractivity contribution in [1.29, 1.82) is 0 Å². The molecule has 124 valence electrons. The predicted molar refractivity (Wildman–Crippen MR) is 87.1 cm³/mol. The third kappa shape index (κ3) is 6.39. The first-order valence-corrected chi connectivity index (χ1v) is 7.37. The Kier molecular flexibility index (Phi) is 6.74. The highest BCUT2D eigenvalue weighted by Crippen LogP contribution is 2.22. The first kappa shape index (κ1) is 18.4. The Morgan fingerprint density at radius 3 is 2.23 bits per heavy atom. The van der Waals surface area contributed by atoms with Gasteiger partial charge in [0.2, 0.25) is 0 Å². The molecule has 6 heteroatoms. The van der Waals surface area contributed by atoms with Crippen molar-refractivity contribution in [3.63, 3.8) is 0 Å². The normalized spacial score (nSPS) is 13.2. The molecule has 1 rings (SSSR count). The van der Waals surface area contributed by atoms with Gasteiger partial charge in [0.25, 0.3) is 6.43 Å². The van der Waals surface area contributed by atoms with Crippen LogP contribution in [-0.4, -0.2) is 25.0 Å². The minimum Gasteiger partial charge on any atom is -0.370 e. The zero-order chi connectivity index (χ0) is 16.8. The molecule has 0 saturated carbocycles. The molecule has 4 nitrogen and oxygen atoms in total. The highest BCUT2D eigenvalue weighted by Gasteiger charge is 2.19.